The van der Waals surface area contributed by atoms with Gasteiger partial charge < -0.3 is 9.32 Å². The van der Waals surface area contributed by atoms with Gasteiger partial charge in [-0.3, -0.25) is 0 Å². The predicted molar refractivity (Wildman–Crippen MR) is 143 cm³/mol. The molecule has 7 rings (SSSR count). The van der Waals surface area contributed by atoms with E-state index in [0.29, 0.717) is 28.0 Å². The number of halogens is 4. The minimum Gasteiger partial charge on any atom is -0.454 e. The third kappa shape index (κ3) is 3.77. The van der Waals surface area contributed by atoms with E-state index in [1.807, 2.05) is 102 Å². The molecule has 1 aliphatic rings. The lowest BCUT2D eigenvalue weighted by molar-refractivity contribution is -0.369. The SMILES string of the molecule is FC1(F)OC(F)(F)c2cc(-c3cc(N(c4ccccc4)c4ccccc4)c4oc5ccccc5c4c3)ccc21. The Kier molecular flexibility index (Phi) is 5.09. The van der Waals surface area contributed by atoms with Crippen LogP contribution in [0.25, 0.3) is 33.1 Å². The summed E-state index contributed by atoms with van der Waals surface area (Å²) in [5.74, 6) is 0. The van der Waals surface area contributed by atoms with E-state index in [2.05, 4.69) is 4.74 Å². The van der Waals surface area contributed by atoms with Crippen LogP contribution in [0, 0.1) is 0 Å². The standard InChI is InChI=1S/C32H19F4NO2/c33-31(34)26-16-15-20(18-27(26)32(35,36)39-31)21-17-25-24-13-7-8-14-29(24)38-30(25)28(19-21)37(22-9-3-1-4-10-22)23-11-5-2-6-12-23/h1-19H. The fourth-order valence-electron chi connectivity index (χ4n) is 5.21. The summed E-state index contributed by atoms with van der Waals surface area (Å²) in [4.78, 5) is 2.02. The first-order valence-corrected chi connectivity index (χ1v) is 12.3. The quantitative estimate of drug-likeness (QED) is 0.214. The highest BCUT2D eigenvalue weighted by Crippen LogP contribution is 2.52. The second kappa shape index (κ2) is 8.44. The Morgan fingerprint density at radius 1 is 0.538 bits per heavy atom. The minimum atomic E-state index is -4.11. The van der Waals surface area contributed by atoms with Gasteiger partial charge in [-0.1, -0.05) is 60.7 Å². The molecule has 3 nitrogen and oxygen atoms in total. The predicted octanol–water partition coefficient (Wildman–Crippen LogP) is 9.85. The van der Waals surface area contributed by atoms with E-state index in [-0.39, 0.29) is 0 Å². The number of fused-ring (bicyclic) bond motifs is 4. The smallest absolute Gasteiger partial charge is 0.388 e. The van der Waals surface area contributed by atoms with Gasteiger partial charge in [0.05, 0.1) is 16.8 Å². The molecule has 0 N–H and O–H groups in total. The number of benzene rings is 5. The topological polar surface area (TPSA) is 25.6 Å². The molecule has 1 aliphatic heterocycles. The summed E-state index contributed by atoms with van der Waals surface area (Å²) in [5, 5.41) is 1.61. The van der Waals surface area contributed by atoms with Crippen LogP contribution in [0.2, 0.25) is 0 Å². The Morgan fingerprint density at radius 2 is 1.15 bits per heavy atom. The van der Waals surface area contributed by atoms with Crippen molar-refractivity contribution in [3.63, 3.8) is 0 Å². The zero-order valence-electron chi connectivity index (χ0n) is 20.2. The van der Waals surface area contributed by atoms with E-state index in [1.54, 1.807) is 0 Å². The molecule has 0 saturated heterocycles. The number of hydrogen-bond donors (Lipinski definition) is 0. The maximum Gasteiger partial charge on any atom is 0.388 e. The first-order chi connectivity index (χ1) is 18.8. The van der Waals surface area contributed by atoms with E-state index in [0.717, 1.165) is 34.3 Å². The van der Waals surface area contributed by atoms with Crippen LogP contribution in [-0.4, -0.2) is 0 Å². The summed E-state index contributed by atoms with van der Waals surface area (Å²) >= 11 is 0. The highest BCUT2D eigenvalue weighted by molar-refractivity contribution is 6.12. The Labute approximate surface area is 220 Å². The molecule has 39 heavy (non-hydrogen) atoms. The monoisotopic (exact) mass is 525 g/mol. The summed E-state index contributed by atoms with van der Waals surface area (Å²) in [5.41, 5.74) is 2.90. The van der Waals surface area contributed by atoms with Gasteiger partial charge in [-0.15, -0.1) is 0 Å². The molecule has 0 spiro atoms. The molecule has 5 aromatic carbocycles. The number of furan rings is 1. The number of rotatable bonds is 4. The molecular formula is C32H19F4NO2. The maximum absolute atomic E-state index is 14.5. The minimum absolute atomic E-state index is 0.351. The van der Waals surface area contributed by atoms with Crippen molar-refractivity contribution in [1.82, 2.24) is 0 Å². The van der Waals surface area contributed by atoms with Gasteiger partial charge in [0.15, 0.2) is 5.58 Å². The van der Waals surface area contributed by atoms with Crippen LogP contribution in [0.3, 0.4) is 0 Å². The molecule has 0 aliphatic carbocycles. The molecular weight excluding hydrogens is 506 g/mol. The van der Waals surface area contributed by atoms with Gasteiger partial charge in [0, 0.05) is 22.1 Å². The average Bonchev–Trinajstić information content (AvgIpc) is 3.41. The lowest BCUT2D eigenvalue weighted by atomic mass is 9.96. The summed E-state index contributed by atoms with van der Waals surface area (Å²) in [6, 6.07) is 34.1. The Morgan fingerprint density at radius 3 is 1.85 bits per heavy atom. The summed E-state index contributed by atoms with van der Waals surface area (Å²) in [6.07, 6.45) is -8.17. The van der Waals surface area contributed by atoms with Crippen molar-refractivity contribution in [2.24, 2.45) is 0 Å². The lowest BCUT2D eigenvalue weighted by Crippen LogP contribution is -2.17. The van der Waals surface area contributed by atoms with Crippen molar-refractivity contribution in [3.8, 4) is 11.1 Å². The van der Waals surface area contributed by atoms with Crippen LogP contribution in [0.1, 0.15) is 11.1 Å². The molecule has 0 amide bonds. The van der Waals surface area contributed by atoms with Gasteiger partial charge in [-0.25, -0.2) is 4.74 Å². The Hall–Kier alpha value is -4.62. The van der Waals surface area contributed by atoms with Crippen LogP contribution in [-0.2, 0) is 17.0 Å². The molecule has 0 atom stereocenters. The summed E-state index contributed by atoms with van der Waals surface area (Å²) in [7, 11) is 0. The van der Waals surface area contributed by atoms with Crippen LogP contribution in [0.15, 0.2) is 120 Å². The van der Waals surface area contributed by atoms with Crippen molar-refractivity contribution in [1.29, 1.82) is 0 Å². The zero-order valence-corrected chi connectivity index (χ0v) is 20.2. The van der Waals surface area contributed by atoms with Gasteiger partial charge in [-0.05, 0) is 65.7 Å². The van der Waals surface area contributed by atoms with E-state index in [1.165, 1.54) is 6.07 Å². The number of ether oxygens (including phenoxy) is 1. The molecule has 192 valence electrons. The molecule has 0 bridgehead atoms. The Balaban J connectivity index is 1.53. The number of alkyl halides is 4. The van der Waals surface area contributed by atoms with Gasteiger partial charge >= 0.3 is 12.2 Å². The number of nitrogens with zero attached hydrogens (tertiary/aromatic N) is 1. The number of hydrogen-bond acceptors (Lipinski definition) is 3. The van der Waals surface area contributed by atoms with Crippen molar-refractivity contribution in [3.05, 3.63) is 126 Å². The first-order valence-electron chi connectivity index (χ1n) is 12.3. The molecule has 0 saturated carbocycles. The lowest BCUT2D eigenvalue weighted by Gasteiger charge is -2.26. The van der Waals surface area contributed by atoms with E-state index >= 15 is 0 Å². The van der Waals surface area contributed by atoms with Crippen LogP contribution >= 0.6 is 0 Å². The van der Waals surface area contributed by atoms with Crippen molar-refractivity contribution < 1.29 is 26.7 Å². The summed E-state index contributed by atoms with van der Waals surface area (Å²) < 4.78 is 67.3. The zero-order chi connectivity index (χ0) is 26.8. The maximum atomic E-state index is 14.5. The van der Waals surface area contributed by atoms with Crippen LogP contribution in [0.4, 0.5) is 34.6 Å². The normalized spacial score (nSPS) is 15.5. The molecule has 1 aromatic heterocycles. The average molecular weight is 526 g/mol. The number of anilines is 3. The summed E-state index contributed by atoms with van der Waals surface area (Å²) in [6.45, 7) is 0. The van der Waals surface area contributed by atoms with Crippen molar-refractivity contribution in [2.45, 2.75) is 12.2 Å². The van der Waals surface area contributed by atoms with Crippen molar-refractivity contribution in [2.75, 3.05) is 4.90 Å². The molecule has 0 radical (unpaired) electrons. The van der Waals surface area contributed by atoms with E-state index in [9.17, 15) is 17.6 Å². The second-order valence-corrected chi connectivity index (χ2v) is 9.37. The van der Waals surface area contributed by atoms with E-state index < -0.39 is 23.3 Å². The van der Waals surface area contributed by atoms with Crippen LogP contribution in [0.5, 0.6) is 0 Å². The Bertz CT molecular complexity index is 1810. The molecule has 2 heterocycles. The highest BCUT2D eigenvalue weighted by atomic mass is 19.3. The molecule has 0 fully saturated rings. The molecule has 7 heteroatoms. The third-order valence-corrected chi connectivity index (χ3v) is 6.96. The van der Waals surface area contributed by atoms with Gasteiger partial charge in [0.1, 0.15) is 5.58 Å². The largest absolute Gasteiger partial charge is 0.454 e. The van der Waals surface area contributed by atoms with Crippen LogP contribution < -0.4 is 4.90 Å². The van der Waals surface area contributed by atoms with Gasteiger partial charge in [-0.2, -0.15) is 17.6 Å². The van der Waals surface area contributed by atoms with Gasteiger partial charge in [0.2, 0.25) is 0 Å². The highest BCUT2D eigenvalue weighted by Gasteiger charge is 2.57. The fraction of sp³-hybridized carbons (Fsp3) is 0.0625. The first kappa shape index (κ1) is 23.5. The molecule has 0 unspecified atom stereocenters. The van der Waals surface area contributed by atoms with Crippen molar-refractivity contribution >= 4 is 39.0 Å². The van der Waals surface area contributed by atoms with E-state index in [4.69, 9.17) is 4.42 Å². The fourth-order valence-corrected chi connectivity index (χ4v) is 5.21. The third-order valence-electron chi connectivity index (χ3n) is 6.96. The van der Waals surface area contributed by atoms with Gasteiger partial charge in [0.25, 0.3) is 0 Å². The number of para-hydroxylation sites is 3. The molecule has 6 aromatic rings. The second-order valence-electron chi connectivity index (χ2n) is 9.37.